The van der Waals surface area contributed by atoms with Crippen LogP contribution in [0.15, 0.2) is 41.8 Å². The van der Waals surface area contributed by atoms with Crippen molar-refractivity contribution in [3.8, 4) is 0 Å². The van der Waals surface area contributed by atoms with Gasteiger partial charge in [0.15, 0.2) is 10.8 Å². The lowest BCUT2D eigenvalue weighted by molar-refractivity contribution is -0.170. The maximum Gasteiger partial charge on any atom is 0.336 e. The average Bonchev–Trinajstić information content (AvgIpc) is 3.31. The molecule has 202 valence electrons. The highest BCUT2D eigenvalue weighted by Crippen LogP contribution is 2.40. The minimum atomic E-state index is -2.74. The lowest BCUT2D eigenvalue weighted by atomic mass is 9.87. The second-order valence-electron chi connectivity index (χ2n) is 8.82. The number of aliphatic hydroxyl groups is 1. The van der Waals surface area contributed by atoms with E-state index in [0.29, 0.717) is 6.54 Å². The molecule has 12 heteroatoms. The third-order valence-electron chi connectivity index (χ3n) is 5.88. The fraction of sp³-hybridized carbons (Fsp3) is 0.480. The Morgan fingerprint density at radius 3 is 2.11 bits per heavy atom. The summed E-state index contributed by atoms with van der Waals surface area (Å²) in [5.74, 6) is -4.10. The lowest BCUT2D eigenvalue weighted by Crippen LogP contribution is -2.42. The normalized spacial score (nSPS) is 14.5. The first-order valence-corrected chi connectivity index (χ1v) is 12.8. The highest BCUT2D eigenvalue weighted by atomic mass is 32.2. The van der Waals surface area contributed by atoms with Crippen molar-refractivity contribution >= 4 is 29.7 Å². The molecular formula is C25H32FN3O7S. The van der Waals surface area contributed by atoms with E-state index in [-0.39, 0.29) is 11.4 Å². The van der Waals surface area contributed by atoms with Crippen molar-refractivity contribution in [2.24, 2.45) is 0 Å². The molecule has 0 atom stereocenters. The number of hydrogen-bond acceptors (Lipinski definition) is 8. The Morgan fingerprint density at radius 1 is 1.05 bits per heavy atom. The van der Waals surface area contributed by atoms with Crippen LogP contribution in [0.3, 0.4) is 0 Å². The number of carbonyl (C=O) groups is 3. The van der Waals surface area contributed by atoms with Crippen molar-refractivity contribution in [1.29, 1.82) is 0 Å². The molecule has 0 unspecified atom stereocenters. The number of hydrogen-bond donors (Lipinski definition) is 5. The van der Waals surface area contributed by atoms with E-state index in [2.05, 4.69) is 22.2 Å². The predicted octanol–water partition coefficient (Wildman–Crippen LogP) is 3.43. The van der Waals surface area contributed by atoms with Crippen molar-refractivity contribution in [2.75, 3.05) is 5.75 Å². The predicted molar refractivity (Wildman–Crippen MR) is 134 cm³/mol. The van der Waals surface area contributed by atoms with Crippen LogP contribution in [0.1, 0.15) is 63.0 Å². The van der Waals surface area contributed by atoms with Crippen LogP contribution in [0, 0.1) is 5.82 Å². The summed E-state index contributed by atoms with van der Waals surface area (Å²) in [5.41, 5.74) is -1.17. The van der Waals surface area contributed by atoms with Crippen molar-refractivity contribution in [2.45, 2.75) is 74.7 Å². The molecular weight excluding hydrogens is 505 g/mol. The van der Waals surface area contributed by atoms with Gasteiger partial charge in [0.05, 0.1) is 12.8 Å². The van der Waals surface area contributed by atoms with Crippen LogP contribution < -0.4 is 5.32 Å². The number of carboxylic acid groups (broad SMARTS) is 3. The summed E-state index contributed by atoms with van der Waals surface area (Å²) in [6, 6.07) is 7.14. The highest BCUT2D eigenvalue weighted by Gasteiger charge is 2.41. The summed E-state index contributed by atoms with van der Waals surface area (Å²) in [4.78, 5) is 39.3. The number of benzene rings is 1. The molecule has 0 aliphatic heterocycles. The molecule has 2 aromatic rings. The second-order valence-corrected chi connectivity index (χ2v) is 9.88. The zero-order valence-electron chi connectivity index (χ0n) is 20.5. The number of rotatable bonds is 12. The molecule has 0 radical (unpaired) electrons. The van der Waals surface area contributed by atoms with E-state index in [4.69, 9.17) is 20.4 Å². The van der Waals surface area contributed by atoms with Gasteiger partial charge in [-0.2, -0.15) is 0 Å². The van der Waals surface area contributed by atoms with Crippen LogP contribution in [0.2, 0.25) is 0 Å². The van der Waals surface area contributed by atoms with Gasteiger partial charge in [-0.05, 0) is 25.3 Å². The van der Waals surface area contributed by atoms with Gasteiger partial charge in [0.25, 0.3) is 0 Å². The molecule has 1 aliphatic rings. The SMILES string of the molecule is CCCSc1ncc(CNC2(c3ccccc3F)CCCC2)cn1.O=C(O)CC(O)(CC(=O)O)C(=O)O. The van der Waals surface area contributed by atoms with E-state index in [1.807, 2.05) is 24.5 Å². The van der Waals surface area contributed by atoms with Crippen molar-refractivity contribution in [3.05, 3.63) is 53.6 Å². The summed E-state index contributed by atoms with van der Waals surface area (Å²) < 4.78 is 14.3. The molecule has 5 N–H and O–H groups in total. The van der Waals surface area contributed by atoms with Gasteiger partial charge >= 0.3 is 17.9 Å². The fourth-order valence-corrected chi connectivity index (χ4v) is 4.70. The first-order valence-electron chi connectivity index (χ1n) is 11.8. The standard InChI is InChI=1S/C19H24FN3S.C6H8O7/c1-2-11-24-18-21-12-15(13-22-18)14-23-19(9-5-6-10-19)16-7-3-4-8-17(16)20;7-3(8)1-6(13,5(11)12)2-4(9)10/h3-4,7-8,12-13,23H,2,5-6,9-11,14H2,1H3;13H,1-2H2,(H,7,8)(H,9,10)(H,11,12). The zero-order chi connectivity index (χ0) is 27.5. The Balaban J connectivity index is 0.000000317. The molecule has 1 aromatic heterocycles. The number of carboxylic acids is 3. The van der Waals surface area contributed by atoms with E-state index >= 15 is 0 Å². The molecule has 0 amide bonds. The maximum atomic E-state index is 14.3. The van der Waals surface area contributed by atoms with Crippen LogP contribution in [0.25, 0.3) is 0 Å². The molecule has 1 aromatic carbocycles. The number of nitrogens with zero attached hydrogens (tertiary/aromatic N) is 2. The van der Waals surface area contributed by atoms with E-state index in [0.717, 1.165) is 54.1 Å². The van der Waals surface area contributed by atoms with Gasteiger partial charge in [-0.25, -0.2) is 19.2 Å². The quantitative estimate of drug-likeness (QED) is 0.198. The smallest absolute Gasteiger partial charge is 0.336 e. The highest BCUT2D eigenvalue weighted by molar-refractivity contribution is 7.99. The maximum absolute atomic E-state index is 14.3. The Hall–Kier alpha value is -3.09. The molecule has 1 saturated carbocycles. The van der Waals surface area contributed by atoms with Crippen molar-refractivity contribution in [3.63, 3.8) is 0 Å². The molecule has 0 bridgehead atoms. The van der Waals surface area contributed by atoms with Gasteiger partial charge in [-0.1, -0.05) is 49.7 Å². The monoisotopic (exact) mass is 537 g/mol. The summed E-state index contributed by atoms with van der Waals surface area (Å²) in [6.45, 7) is 2.81. The molecule has 0 spiro atoms. The Kier molecular flexibility index (Phi) is 11.4. The van der Waals surface area contributed by atoms with Crippen LogP contribution >= 0.6 is 11.8 Å². The first-order chi connectivity index (χ1) is 17.5. The van der Waals surface area contributed by atoms with E-state index in [1.54, 1.807) is 23.9 Å². The van der Waals surface area contributed by atoms with Crippen molar-refractivity contribution < 1.29 is 39.2 Å². The van der Waals surface area contributed by atoms with E-state index in [1.165, 1.54) is 0 Å². The fourth-order valence-electron chi connectivity index (χ4n) is 4.06. The molecule has 37 heavy (non-hydrogen) atoms. The molecule has 1 heterocycles. The summed E-state index contributed by atoms with van der Waals surface area (Å²) in [5, 5.41) is 38.2. The lowest BCUT2D eigenvalue weighted by Gasteiger charge is -2.31. The Labute approximate surface area is 218 Å². The topological polar surface area (TPSA) is 170 Å². The van der Waals surface area contributed by atoms with Crippen LogP contribution in [-0.4, -0.2) is 59.7 Å². The van der Waals surface area contributed by atoms with Gasteiger partial charge < -0.3 is 25.7 Å². The van der Waals surface area contributed by atoms with Gasteiger partial charge in [0.2, 0.25) is 0 Å². The second kappa shape index (κ2) is 14.0. The number of thioether (sulfide) groups is 1. The molecule has 3 rings (SSSR count). The minimum absolute atomic E-state index is 0.116. The third kappa shape index (κ3) is 9.06. The van der Waals surface area contributed by atoms with Gasteiger partial charge in [0, 0.05) is 41.4 Å². The third-order valence-corrected chi connectivity index (χ3v) is 6.96. The molecule has 1 aliphatic carbocycles. The van der Waals surface area contributed by atoms with Crippen LogP contribution in [-0.2, 0) is 26.5 Å². The minimum Gasteiger partial charge on any atom is -0.481 e. The largest absolute Gasteiger partial charge is 0.481 e. The summed E-state index contributed by atoms with van der Waals surface area (Å²) in [7, 11) is 0. The van der Waals surface area contributed by atoms with Crippen molar-refractivity contribution in [1.82, 2.24) is 15.3 Å². The molecule has 10 nitrogen and oxygen atoms in total. The van der Waals surface area contributed by atoms with Gasteiger partial charge in [-0.15, -0.1) is 0 Å². The number of aliphatic carboxylic acids is 3. The summed E-state index contributed by atoms with van der Waals surface area (Å²) in [6.07, 6.45) is 6.78. The average molecular weight is 538 g/mol. The van der Waals surface area contributed by atoms with Gasteiger partial charge in [-0.3, -0.25) is 9.59 Å². The van der Waals surface area contributed by atoms with Crippen LogP contribution in [0.4, 0.5) is 4.39 Å². The van der Waals surface area contributed by atoms with E-state index < -0.39 is 36.4 Å². The van der Waals surface area contributed by atoms with Crippen LogP contribution in [0.5, 0.6) is 0 Å². The number of aromatic nitrogens is 2. The number of nitrogens with one attached hydrogen (secondary N) is 1. The Morgan fingerprint density at radius 2 is 1.62 bits per heavy atom. The number of halogens is 1. The van der Waals surface area contributed by atoms with Gasteiger partial charge in [0.1, 0.15) is 5.82 Å². The zero-order valence-corrected chi connectivity index (χ0v) is 21.3. The Bertz CT molecular complexity index is 1050. The first kappa shape index (κ1) is 30.1. The summed E-state index contributed by atoms with van der Waals surface area (Å²) >= 11 is 1.68. The molecule has 0 saturated heterocycles. The molecule has 1 fully saturated rings. The van der Waals surface area contributed by atoms with E-state index in [9.17, 15) is 18.8 Å².